The fourth-order valence-corrected chi connectivity index (χ4v) is 4.81. The summed E-state index contributed by atoms with van der Waals surface area (Å²) < 4.78 is 25.9. The van der Waals surface area contributed by atoms with Crippen molar-refractivity contribution in [3.05, 3.63) is 31.4 Å². The molecule has 0 radical (unpaired) electrons. The highest BCUT2D eigenvalue weighted by molar-refractivity contribution is 7.91. The first kappa shape index (κ1) is 14.4. The van der Waals surface area contributed by atoms with E-state index in [1.165, 1.54) is 22.7 Å². The Kier molecular flexibility index (Phi) is 3.90. The van der Waals surface area contributed by atoms with Crippen LogP contribution >= 0.6 is 22.7 Å². The topological polar surface area (TPSA) is 83.1 Å². The highest BCUT2D eigenvalue weighted by Gasteiger charge is 2.26. The molecule has 0 amide bonds. The molecular weight excluding hydrogens is 306 g/mol. The van der Waals surface area contributed by atoms with Gasteiger partial charge in [-0.15, -0.1) is 11.3 Å². The molecule has 9 heteroatoms. The van der Waals surface area contributed by atoms with Gasteiger partial charge in [-0.3, -0.25) is 4.79 Å². The molecular formula is C10H13N3O3S3. The van der Waals surface area contributed by atoms with Gasteiger partial charge in [0.25, 0.3) is 10.0 Å². The lowest BCUT2D eigenvalue weighted by atomic mass is 10.5. The maximum Gasteiger partial charge on any atom is 0.305 e. The Morgan fingerprint density at radius 2 is 2.11 bits per heavy atom. The number of aromatic nitrogens is 2. The number of nitrogens with zero attached hydrogens (tertiary/aromatic N) is 2. The fourth-order valence-electron chi connectivity index (χ4n) is 1.57. The van der Waals surface area contributed by atoms with Crippen molar-refractivity contribution in [2.75, 3.05) is 7.05 Å². The van der Waals surface area contributed by atoms with Crippen LogP contribution in [0.15, 0.2) is 14.4 Å². The lowest BCUT2D eigenvalue weighted by Gasteiger charge is -2.14. The van der Waals surface area contributed by atoms with Gasteiger partial charge in [0.15, 0.2) is 4.21 Å². The molecule has 0 aliphatic rings. The summed E-state index contributed by atoms with van der Waals surface area (Å²) in [6.07, 6.45) is 0. The van der Waals surface area contributed by atoms with E-state index in [9.17, 15) is 13.2 Å². The zero-order chi connectivity index (χ0) is 14.2. The van der Waals surface area contributed by atoms with Gasteiger partial charge >= 0.3 is 4.87 Å². The van der Waals surface area contributed by atoms with Gasteiger partial charge in [-0.1, -0.05) is 11.3 Å². The normalized spacial score (nSPS) is 12.2. The van der Waals surface area contributed by atoms with Gasteiger partial charge in [-0.25, -0.2) is 13.4 Å². The van der Waals surface area contributed by atoms with Crippen LogP contribution in [0.25, 0.3) is 0 Å². The Labute approximate surface area is 118 Å². The van der Waals surface area contributed by atoms with E-state index in [1.807, 2.05) is 12.3 Å². The Balaban J connectivity index is 2.29. The molecule has 0 fully saturated rings. The number of sulfonamides is 1. The van der Waals surface area contributed by atoms with Crippen LogP contribution in [0.1, 0.15) is 16.4 Å². The van der Waals surface area contributed by atoms with E-state index in [4.69, 9.17) is 0 Å². The molecule has 0 spiro atoms. The third kappa shape index (κ3) is 2.94. The van der Waals surface area contributed by atoms with Gasteiger partial charge < -0.3 is 4.98 Å². The first-order valence-electron chi connectivity index (χ1n) is 5.38. The van der Waals surface area contributed by atoms with Gasteiger partial charge in [0.2, 0.25) is 0 Å². The molecule has 2 aromatic rings. The second kappa shape index (κ2) is 5.16. The zero-order valence-electron chi connectivity index (χ0n) is 10.6. The summed E-state index contributed by atoms with van der Waals surface area (Å²) in [5.74, 6) is 0. The van der Waals surface area contributed by atoms with E-state index in [1.54, 1.807) is 6.92 Å². The number of rotatable bonds is 4. The van der Waals surface area contributed by atoms with Crippen LogP contribution in [0.5, 0.6) is 0 Å². The Morgan fingerprint density at radius 1 is 1.42 bits per heavy atom. The number of H-pyrrole nitrogens is 1. The molecule has 0 saturated heterocycles. The van der Waals surface area contributed by atoms with Crippen LogP contribution in [-0.4, -0.2) is 29.7 Å². The molecule has 104 valence electrons. The number of thiazole rings is 2. The van der Waals surface area contributed by atoms with Gasteiger partial charge in [-0.05, 0) is 13.8 Å². The monoisotopic (exact) mass is 319 g/mol. The van der Waals surface area contributed by atoms with Crippen molar-refractivity contribution < 1.29 is 8.42 Å². The first-order chi connectivity index (χ1) is 8.80. The van der Waals surface area contributed by atoms with E-state index in [0.717, 1.165) is 5.01 Å². The number of nitrogens with one attached hydrogen (secondary N) is 1. The standard InChI is InChI=1S/C10H13N3O3S3/c1-6-9(18-10(14)11-6)19(15,16)13(3)4-8-5-17-7(2)12-8/h5H,4H2,1-3H3,(H,11,14). The minimum absolute atomic E-state index is 0.0620. The SMILES string of the molecule is Cc1nc(CN(C)S(=O)(=O)c2sc(=O)[nH]c2C)cs1. The van der Waals surface area contributed by atoms with Gasteiger partial charge in [0.1, 0.15) is 0 Å². The van der Waals surface area contributed by atoms with E-state index >= 15 is 0 Å². The smallest absolute Gasteiger partial charge is 0.305 e. The lowest BCUT2D eigenvalue weighted by Crippen LogP contribution is -2.26. The molecule has 0 aliphatic carbocycles. The lowest BCUT2D eigenvalue weighted by molar-refractivity contribution is 0.464. The van der Waals surface area contributed by atoms with E-state index in [2.05, 4.69) is 9.97 Å². The van der Waals surface area contributed by atoms with Crippen LogP contribution in [-0.2, 0) is 16.6 Å². The quantitative estimate of drug-likeness (QED) is 0.921. The number of hydrogen-bond donors (Lipinski definition) is 1. The van der Waals surface area contributed by atoms with E-state index in [-0.39, 0.29) is 15.6 Å². The summed E-state index contributed by atoms with van der Waals surface area (Å²) in [4.78, 5) is 17.6. The molecule has 2 heterocycles. The Bertz CT molecular complexity index is 741. The average molecular weight is 319 g/mol. The van der Waals surface area contributed by atoms with Gasteiger partial charge in [0, 0.05) is 18.1 Å². The minimum Gasteiger partial charge on any atom is -0.315 e. The molecule has 19 heavy (non-hydrogen) atoms. The van der Waals surface area contributed by atoms with Crippen molar-refractivity contribution in [1.82, 2.24) is 14.3 Å². The molecule has 0 aromatic carbocycles. The zero-order valence-corrected chi connectivity index (χ0v) is 13.1. The Hall–Kier alpha value is -1.03. The summed E-state index contributed by atoms with van der Waals surface area (Å²) in [6.45, 7) is 3.63. The van der Waals surface area contributed by atoms with Crippen molar-refractivity contribution in [1.29, 1.82) is 0 Å². The second-order valence-corrected chi connectivity index (χ2v) is 8.33. The van der Waals surface area contributed by atoms with E-state index in [0.29, 0.717) is 22.7 Å². The van der Waals surface area contributed by atoms with Crippen molar-refractivity contribution in [2.24, 2.45) is 0 Å². The van der Waals surface area contributed by atoms with Gasteiger partial charge in [0.05, 0.1) is 17.2 Å². The van der Waals surface area contributed by atoms with Gasteiger partial charge in [-0.2, -0.15) is 4.31 Å². The highest BCUT2D eigenvalue weighted by atomic mass is 32.2. The maximum absolute atomic E-state index is 12.3. The molecule has 0 aliphatic heterocycles. The molecule has 0 saturated carbocycles. The van der Waals surface area contributed by atoms with Crippen LogP contribution in [0.2, 0.25) is 0 Å². The third-order valence-corrected chi connectivity index (χ3v) is 6.68. The van der Waals surface area contributed by atoms with E-state index < -0.39 is 10.0 Å². The molecule has 6 nitrogen and oxygen atoms in total. The van der Waals surface area contributed by atoms with Crippen molar-refractivity contribution >= 4 is 32.7 Å². The molecule has 2 aromatic heterocycles. The summed E-state index contributed by atoms with van der Waals surface area (Å²) in [5.41, 5.74) is 1.07. The average Bonchev–Trinajstić information content (AvgIpc) is 2.85. The summed E-state index contributed by atoms with van der Waals surface area (Å²) >= 11 is 2.18. The van der Waals surface area contributed by atoms with Crippen LogP contribution < -0.4 is 4.87 Å². The number of aryl methyl sites for hydroxylation is 2. The van der Waals surface area contributed by atoms with Crippen molar-refractivity contribution in [2.45, 2.75) is 24.6 Å². The predicted molar refractivity (Wildman–Crippen MR) is 75.2 cm³/mol. The summed E-state index contributed by atoms with van der Waals surface area (Å²) in [7, 11) is -2.17. The molecule has 2 rings (SSSR count). The maximum atomic E-state index is 12.3. The summed E-state index contributed by atoms with van der Waals surface area (Å²) in [6, 6.07) is 0. The van der Waals surface area contributed by atoms with Crippen molar-refractivity contribution in [3.8, 4) is 0 Å². The number of aromatic amines is 1. The molecule has 0 bridgehead atoms. The first-order valence-corrected chi connectivity index (χ1v) is 8.51. The summed E-state index contributed by atoms with van der Waals surface area (Å²) in [5, 5.41) is 2.72. The van der Waals surface area contributed by atoms with Crippen LogP contribution in [0.4, 0.5) is 0 Å². The largest absolute Gasteiger partial charge is 0.315 e. The van der Waals surface area contributed by atoms with Crippen LogP contribution in [0, 0.1) is 13.8 Å². The second-order valence-electron chi connectivity index (χ2n) is 4.05. The molecule has 0 unspecified atom stereocenters. The third-order valence-electron chi connectivity index (χ3n) is 2.48. The Morgan fingerprint density at radius 3 is 2.58 bits per heavy atom. The number of hydrogen-bond acceptors (Lipinski definition) is 6. The minimum atomic E-state index is -3.65. The highest BCUT2D eigenvalue weighted by Crippen LogP contribution is 2.21. The predicted octanol–water partition coefficient (Wildman–Crippen LogP) is 1.33. The van der Waals surface area contributed by atoms with Crippen LogP contribution in [0.3, 0.4) is 0 Å². The van der Waals surface area contributed by atoms with Crippen molar-refractivity contribution in [3.63, 3.8) is 0 Å². The molecule has 1 N–H and O–H groups in total. The fraction of sp³-hybridized carbons (Fsp3) is 0.400. The molecule has 0 atom stereocenters.